The van der Waals surface area contributed by atoms with Crippen LogP contribution in [0.25, 0.3) is 0 Å². The molecule has 0 amide bonds. The van der Waals surface area contributed by atoms with Gasteiger partial charge in [-0.25, -0.2) is 0 Å². The lowest BCUT2D eigenvalue weighted by molar-refractivity contribution is -0.117. The van der Waals surface area contributed by atoms with Gasteiger partial charge in [-0.3, -0.25) is 4.79 Å². The molecule has 1 aromatic carbocycles. The molecule has 16 heavy (non-hydrogen) atoms. The summed E-state index contributed by atoms with van der Waals surface area (Å²) in [4.78, 5) is 13.8. The fraction of sp³-hybridized carbons (Fsp3) is 0.500. The zero-order chi connectivity index (χ0) is 11.5. The molecular weight excluding hydrogens is 198 g/mol. The second kappa shape index (κ2) is 4.69. The number of carbonyl (C=O) groups is 1. The molecular formula is C14H19NO. The van der Waals surface area contributed by atoms with Gasteiger partial charge < -0.3 is 4.90 Å². The van der Waals surface area contributed by atoms with Gasteiger partial charge in [0.05, 0.1) is 6.54 Å². The van der Waals surface area contributed by atoms with Crippen LogP contribution in [0, 0.1) is 0 Å². The number of carbonyl (C=O) groups excluding carboxylic acids is 1. The second-order valence-electron chi connectivity index (χ2n) is 4.54. The lowest BCUT2D eigenvalue weighted by atomic mass is 9.96. The molecule has 1 unspecified atom stereocenters. The van der Waals surface area contributed by atoms with E-state index in [1.54, 1.807) is 0 Å². The third kappa shape index (κ3) is 2.11. The Hall–Kier alpha value is -1.31. The number of nitrogens with zero attached hydrogens (tertiary/aromatic N) is 1. The molecule has 2 nitrogen and oxygen atoms in total. The van der Waals surface area contributed by atoms with Crippen LogP contribution in [0.2, 0.25) is 0 Å². The molecule has 1 heterocycles. The van der Waals surface area contributed by atoms with Crippen molar-refractivity contribution in [2.24, 2.45) is 0 Å². The van der Waals surface area contributed by atoms with Gasteiger partial charge in [-0.2, -0.15) is 0 Å². The summed E-state index contributed by atoms with van der Waals surface area (Å²) < 4.78 is 0. The van der Waals surface area contributed by atoms with Crippen molar-refractivity contribution in [2.75, 3.05) is 11.4 Å². The summed E-state index contributed by atoms with van der Waals surface area (Å²) in [5, 5.41) is 0. The first-order valence-electron chi connectivity index (χ1n) is 6.08. The van der Waals surface area contributed by atoms with E-state index >= 15 is 0 Å². The SMILES string of the molecule is CCC(=O)CN1c2ccccc2CCC1C. The molecule has 0 saturated heterocycles. The minimum Gasteiger partial charge on any atom is -0.361 e. The quantitative estimate of drug-likeness (QED) is 0.776. The molecule has 2 heteroatoms. The zero-order valence-electron chi connectivity index (χ0n) is 10.1. The number of Topliss-reactive ketones (excluding diaryl/α,β-unsaturated/α-hetero) is 1. The van der Waals surface area contributed by atoms with E-state index in [0.29, 0.717) is 24.8 Å². The van der Waals surface area contributed by atoms with E-state index < -0.39 is 0 Å². The monoisotopic (exact) mass is 217 g/mol. The highest BCUT2D eigenvalue weighted by Crippen LogP contribution is 2.30. The summed E-state index contributed by atoms with van der Waals surface area (Å²) in [5.74, 6) is 0.323. The number of rotatable bonds is 3. The lowest BCUT2D eigenvalue weighted by Gasteiger charge is -2.36. The van der Waals surface area contributed by atoms with Crippen LogP contribution in [-0.2, 0) is 11.2 Å². The Balaban J connectivity index is 2.26. The molecule has 0 saturated carbocycles. The summed E-state index contributed by atoms with van der Waals surface area (Å²) in [6.07, 6.45) is 2.91. The molecule has 1 aliphatic rings. The number of para-hydroxylation sites is 1. The van der Waals surface area contributed by atoms with Crippen LogP contribution in [0.1, 0.15) is 32.3 Å². The Labute approximate surface area is 97.3 Å². The number of fused-ring (bicyclic) bond motifs is 1. The first kappa shape index (κ1) is 11.2. The van der Waals surface area contributed by atoms with Crippen molar-refractivity contribution in [3.05, 3.63) is 29.8 Å². The number of aryl methyl sites for hydroxylation is 1. The Morgan fingerprint density at radius 2 is 2.19 bits per heavy atom. The molecule has 0 N–H and O–H groups in total. The maximum absolute atomic E-state index is 11.6. The standard InChI is InChI=1S/C14H19NO/c1-3-13(16)10-15-11(2)8-9-12-6-4-5-7-14(12)15/h4-7,11H,3,8-10H2,1-2H3. The molecule has 1 atom stereocenters. The van der Waals surface area contributed by atoms with E-state index in [2.05, 4.69) is 36.1 Å². The highest BCUT2D eigenvalue weighted by molar-refractivity contribution is 5.83. The van der Waals surface area contributed by atoms with E-state index in [0.717, 1.165) is 12.8 Å². The third-order valence-corrected chi connectivity index (χ3v) is 3.41. The molecule has 0 fully saturated rings. The fourth-order valence-corrected chi connectivity index (χ4v) is 2.30. The average molecular weight is 217 g/mol. The molecule has 1 aromatic rings. The van der Waals surface area contributed by atoms with Gasteiger partial charge in [0, 0.05) is 18.2 Å². The first-order chi connectivity index (χ1) is 7.72. The van der Waals surface area contributed by atoms with Crippen LogP contribution in [-0.4, -0.2) is 18.4 Å². The highest BCUT2D eigenvalue weighted by atomic mass is 16.1. The number of benzene rings is 1. The van der Waals surface area contributed by atoms with Crippen LogP contribution in [0.3, 0.4) is 0 Å². The average Bonchev–Trinajstić information content (AvgIpc) is 2.32. The van der Waals surface area contributed by atoms with E-state index in [4.69, 9.17) is 0 Å². The molecule has 0 bridgehead atoms. The van der Waals surface area contributed by atoms with Crippen molar-refractivity contribution in [3.63, 3.8) is 0 Å². The molecule has 2 rings (SSSR count). The van der Waals surface area contributed by atoms with Crippen LogP contribution in [0.5, 0.6) is 0 Å². The van der Waals surface area contributed by atoms with E-state index in [1.807, 2.05) is 6.92 Å². The van der Waals surface area contributed by atoms with Crippen molar-refractivity contribution >= 4 is 11.5 Å². The lowest BCUT2D eigenvalue weighted by Crippen LogP contribution is -2.40. The van der Waals surface area contributed by atoms with E-state index in [9.17, 15) is 4.79 Å². The van der Waals surface area contributed by atoms with Crippen LogP contribution in [0.15, 0.2) is 24.3 Å². The normalized spacial score (nSPS) is 19.4. The highest BCUT2D eigenvalue weighted by Gasteiger charge is 2.23. The third-order valence-electron chi connectivity index (χ3n) is 3.41. The first-order valence-corrected chi connectivity index (χ1v) is 6.08. The summed E-state index contributed by atoms with van der Waals surface area (Å²) in [6.45, 7) is 4.70. The number of hydrogen-bond donors (Lipinski definition) is 0. The minimum absolute atomic E-state index is 0.323. The van der Waals surface area contributed by atoms with Gasteiger partial charge >= 0.3 is 0 Å². The number of hydrogen-bond acceptors (Lipinski definition) is 2. The predicted octanol–water partition coefficient (Wildman–Crippen LogP) is 2.81. The predicted molar refractivity (Wildman–Crippen MR) is 66.9 cm³/mol. The van der Waals surface area contributed by atoms with Crippen molar-refractivity contribution < 1.29 is 4.79 Å². The molecule has 0 aromatic heterocycles. The zero-order valence-corrected chi connectivity index (χ0v) is 10.1. The molecule has 1 aliphatic heterocycles. The van der Waals surface area contributed by atoms with Gasteiger partial charge in [-0.1, -0.05) is 25.1 Å². The Morgan fingerprint density at radius 3 is 2.94 bits per heavy atom. The van der Waals surface area contributed by atoms with Gasteiger partial charge in [-0.15, -0.1) is 0 Å². The smallest absolute Gasteiger partial charge is 0.151 e. The number of anilines is 1. The van der Waals surface area contributed by atoms with Gasteiger partial charge in [0.1, 0.15) is 0 Å². The fourth-order valence-electron chi connectivity index (χ4n) is 2.30. The Bertz CT molecular complexity index is 386. The Morgan fingerprint density at radius 1 is 1.44 bits per heavy atom. The van der Waals surface area contributed by atoms with Crippen LogP contribution >= 0.6 is 0 Å². The largest absolute Gasteiger partial charge is 0.361 e. The molecule has 86 valence electrons. The minimum atomic E-state index is 0.323. The maximum atomic E-state index is 11.6. The summed E-state index contributed by atoms with van der Waals surface area (Å²) in [6, 6.07) is 8.92. The van der Waals surface area contributed by atoms with Gasteiger partial charge in [0.2, 0.25) is 0 Å². The molecule has 0 spiro atoms. The molecule has 0 aliphatic carbocycles. The van der Waals surface area contributed by atoms with Crippen LogP contribution < -0.4 is 4.90 Å². The van der Waals surface area contributed by atoms with Gasteiger partial charge in [0.25, 0.3) is 0 Å². The van der Waals surface area contributed by atoms with Gasteiger partial charge in [0.15, 0.2) is 5.78 Å². The van der Waals surface area contributed by atoms with Crippen LogP contribution in [0.4, 0.5) is 5.69 Å². The Kier molecular flexibility index (Phi) is 3.28. The summed E-state index contributed by atoms with van der Waals surface area (Å²) in [7, 11) is 0. The van der Waals surface area contributed by atoms with Crippen molar-refractivity contribution in [1.29, 1.82) is 0 Å². The van der Waals surface area contributed by atoms with E-state index in [1.165, 1.54) is 11.3 Å². The van der Waals surface area contributed by atoms with Crippen molar-refractivity contribution in [1.82, 2.24) is 0 Å². The maximum Gasteiger partial charge on any atom is 0.151 e. The summed E-state index contributed by atoms with van der Waals surface area (Å²) >= 11 is 0. The van der Waals surface area contributed by atoms with Crippen molar-refractivity contribution in [3.8, 4) is 0 Å². The van der Waals surface area contributed by atoms with E-state index in [-0.39, 0.29) is 0 Å². The number of ketones is 1. The van der Waals surface area contributed by atoms with Gasteiger partial charge in [-0.05, 0) is 31.4 Å². The van der Waals surface area contributed by atoms with Crippen molar-refractivity contribution in [2.45, 2.75) is 39.2 Å². The second-order valence-corrected chi connectivity index (χ2v) is 4.54. The summed E-state index contributed by atoms with van der Waals surface area (Å²) in [5.41, 5.74) is 2.63. The molecule has 0 radical (unpaired) electrons. The topological polar surface area (TPSA) is 20.3 Å².